The topological polar surface area (TPSA) is 9.23 Å². The van der Waals surface area contributed by atoms with E-state index in [4.69, 9.17) is 4.74 Å². The summed E-state index contributed by atoms with van der Waals surface area (Å²) in [5.74, 6) is 0.700. The molecule has 0 heterocycles. The van der Waals surface area contributed by atoms with Gasteiger partial charge >= 0.3 is 0 Å². The number of hydrogen-bond acceptors (Lipinski definition) is 1. The van der Waals surface area contributed by atoms with Gasteiger partial charge in [-0.15, -0.1) is 0 Å². The van der Waals surface area contributed by atoms with Crippen LogP contribution in [-0.4, -0.2) is 0 Å². The van der Waals surface area contributed by atoms with E-state index in [0.717, 1.165) is 18.4 Å². The van der Waals surface area contributed by atoms with E-state index in [9.17, 15) is 0 Å². The van der Waals surface area contributed by atoms with Crippen LogP contribution in [0.5, 0.6) is 0 Å². The zero-order valence-electron chi connectivity index (χ0n) is 14.8. The minimum Gasteiger partial charge on any atom is -0.465 e. The molecule has 23 heavy (non-hydrogen) atoms. The zero-order chi connectivity index (χ0) is 17.1. The van der Waals surface area contributed by atoms with Gasteiger partial charge in [-0.3, -0.25) is 0 Å². The number of benzene rings is 2. The molecule has 0 spiro atoms. The second-order valence-electron chi connectivity index (χ2n) is 5.78. The monoisotopic (exact) mass is 308 g/mol. The Hall–Kier alpha value is -2.28. The van der Waals surface area contributed by atoms with Crippen LogP contribution < -0.4 is 0 Å². The van der Waals surface area contributed by atoms with E-state index in [2.05, 4.69) is 58.5 Å². The van der Waals surface area contributed by atoms with Crippen molar-refractivity contribution in [2.75, 3.05) is 0 Å². The second kappa shape index (κ2) is 10.4. The molecule has 0 aliphatic carbocycles. The van der Waals surface area contributed by atoms with Crippen LogP contribution in [0.25, 0.3) is 5.76 Å². The quantitative estimate of drug-likeness (QED) is 0.560. The van der Waals surface area contributed by atoms with Gasteiger partial charge in [0, 0.05) is 5.56 Å². The van der Waals surface area contributed by atoms with Crippen molar-refractivity contribution in [3.05, 3.63) is 89.7 Å². The summed E-state index contributed by atoms with van der Waals surface area (Å²) in [5, 5.41) is 0. The highest BCUT2D eigenvalue weighted by atomic mass is 16.5. The summed E-state index contributed by atoms with van der Waals surface area (Å²) in [6.07, 6.45) is 4.00. The molecule has 0 aliphatic heterocycles. The van der Waals surface area contributed by atoms with Crippen LogP contribution in [0.1, 0.15) is 43.4 Å². The predicted octanol–water partition coefficient (Wildman–Crippen LogP) is 6.68. The van der Waals surface area contributed by atoms with E-state index >= 15 is 0 Å². The maximum Gasteiger partial charge on any atom is 0.126 e. The molecule has 2 aromatic carbocycles. The van der Waals surface area contributed by atoms with Gasteiger partial charge in [0.25, 0.3) is 0 Å². The van der Waals surface area contributed by atoms with Crippen LogP contribution >= 0.6 is 0 Å². The molecule has 0 unspecified atom stereocenters. The molecule has 0 atom stereocenters. The van der Waals surface area contributed by atoms with Gasteiger partial charge < -0.3 is 4.74 Å². The average molecular weight is 308 g/mol. The van der Waals surface area contributed by atoms with Crippen LogP contribution in [0, 0.1) is 13.8 Å². The van der Waals surface area contributed by atoms with Gasteiger partial charge in [0.05, 0.1) is 6.26 Å². The van der Waals surface area contributed by atoms with Gasteiger partial charge in [-0.1, -0.05) is 85.6 Å². The maximum atomic E-state index is 5.49. The van der Waals surface area contributed by atoms with E-state index in [0.29, 0.717) is 5.76 Å². The van der Waals surface area contributed by atoms with Crippen molar-refractivity contribution in [2.24, 2.45) is 0 Å². The molecule has 0 bridgehead atoms. The Balaban J connectivity index is 0.000000277. The lowest BCUT2D eigenvalue weighted by atomic mass is 10.2. The molecule has 0 radical (unpaired) electrons. The van der Waals surface area contributed by atoms with Gasteiger partial charge in [0.2, 0.25) is 0 Å². The van der Waals surface area contributed by atoms with Crippen LogP contribution in [0.15, 0.2) is 73.0 Å². The molecular formula is C22H28O. The second-order valence-corrected chi connectivity index (χ2v) is 5.78. The van der Waals surface area contributed by atoms with Gasteiger partial charge in [-0.25, -0.2) is 0 Å². The lowest BCUT2D eigenvalue weighted by molar-refractivity contribution is 0.430. The summed E-state index contributed by atoms with van der Waals surface area (Å²) in [6.45, 7) is 12.3. The molecule has 1 nitrogen and oxygen atoms in total. The Labute approximate surface area is 141 Å². The maximum absolute atomic E-state index is 5.49. The summed E-state index contributed by atoms with van der Waals surface area (Å²) in [6, 6.07) is 18.4. The minimum absolute atomic E-state index is 0.700. The van der Waals surface area contributed by atoms with Gasteiger partial charge in [0.15, 0.2) is 0 Å². The van der Waals surface area contributed by atoms with Crippen LogP contribution in [-0.2, 0) is 4.74 Å². The van der Waals surface area contributed by atoms with Crippen molar-refractivity contribution in [2.45, 2.75) is 40.5 Å². The van der Waals surface area contributed by atoms with Crippen molar-refractivity contribution in [1.29, 1.82) is 0 Å². The van der Waals surface area contributed by atoms with Crippen LogP contribution in [0.4, 0.5) is 0 Å². The molecule has 1 heteroatoms. The SMILES string of the molecule is C=C(O/C=C(\C)CCC)c1ccccc1.Cc1ccc(C)cc1. The van der Waals surface area contributed by atoms with E-state index in [1.807, 2.05) is 30.3 Å². The Morgan fingerprint density at radius 3 is 1.96 bits per heavy atom. The molecule has 2 rings (SSSR count). The van der Waals surface area contributed by atoms with E-state index in [1.54, 1.807) is 6.26 Å². The van der Waals surface area contributed by atoms with E-state index in [1.165, 1.54) is 16.7 Å². The molecule has 0 aliphatic rings. The van der Waals surface area contributed by atoms with Crippen LogP contribution in [0.3, 0.4) is 0 Å². The molecule has 0 fully saturated rings. The third-order valence-corrected chi connectivity index (χ3v) is 3.36. The number of ether oxygens (including phenoxy) is 1. The number of hydrogen-bond donors (Lipinski definition) is 0. The molecular weight excluding hydrogens is 280 g/mol. The van der Waals surface area contributed by atoms with Crippen molar-refractivity contribution < 1.29 is 4.74 Å². The minimum atomic E-state index is 0.700. The standard InChI is InChI=1S/C14H18O.C8H10/c1-4-8-12(2)11-15-13(3)14-9-6-5-7-10-14;1-7-3-5-8(2)6-4-7/h5-7,9-11H,3-4,8H2,1-2H3;3-6H,1-2H3/b12-11+;. The molecule has 2 aromatic rings. The van der Waals surface area contributed by atoms with Gasteiger partial charge in [-0.2, -0.15) is 0 Å². The molecule has 0 amide bonds. The summed E-state index contributed by atoms with van der Waals surface area (Å²) in [5.41, 5.74) is 4.93. The van der Waals surface area contributed by atoms with Gasteiger partial charge in [-0.05, 0) is 32.8 Å². The fraction of sp³-hybridized carbons (Fsp3) is 0.273. The zero-order valence-corrected chi connectivity index (χ0v) is 14.8. The lowest BCUT2D eigenvalue weighted by Crippen LogP contribution is -1.85. The van der Waals surface area contributed by atoms with Crippen molar-refractivity contribution in [3.63, 3.8) is 0 Å². The Bertz CT molecular complexity index is 585. The van der Waals surface area contributed by atoms with Crippen molar-refractivity contribution >= 4 is 5.76 Å². The normalized spacial score (nSPS) is 10.5. The van der Waals surface area contributed by atoms with Crippen molar-refractivity contribution in [1.82, 2.24) is 0 Å². The van der Waals surface area contributed by atoms with Crippen LogP contribution in [0.2, 0.25) is 0 Å². The molecule has 0 aromatic heterocycles. The third-order valence-electron chi connectivity index (χ3n) is 3.36. The smallest absolute Gasteiger partial charge is 0.126 e. The molecule has 0 N–H and O–H groups in total. The van der Waals surface area contributed by atoms with E-state index < -0.39 is 0 Å². The summed E-state index contributed by atoms with van der Waals surface area (Å²) in [4.78, 5) is 0. The first-order chi connectivity index (χ1) is 11.0. The first kappa shape index (κ1) is 18.8. The fourth-order valence-electron chi connectivity index (χ4n) is 1.95. The molecule has 0 saturated carbocycles. The largest absolute Gasteiger partial charge is 0.465 e. The first-order valence-electron chi connectivity index (χ1n) is 8.12. The first-order valence-corrected chi connectivity index (χ1v) is 8.12. The Morgan fingerprint density at radius 2 is 1.48 bits per heavy atom. The van der Waals surface area contributed by atoms with E-state index in [-0.39, 0.29) is 0 Å². The highest BCUT2D eigenvalue weighted by molar-refractivity contribution is 5.57. The number of allylic oxidation sites excluding steroid dienone is 1. The lowest BCUT2D eigenvalue weighted by Gasteiger charge is -2.05. The number of aryl methyl sites for hydroxylation is 2. The highest BCUT2D eigenvalue weighted by Crippen LogP contribution is 2.14. The summed E-state index contributed by atoms with van der Waals surface area (Å²) < 4.78 is 5.49. The molecule has 122 valence electrons. The highest BCUT2D eigenvalue weighted by Gasteiger charge is 1.96. The Kier molecular flexibility index (Phi) is 8.52. The number of rotatable bonds is 5. The van der Waals surface area contributed by atoms with Crippen molar-refractivity contribution in [3.8, 4) is 0 Å². The Morgan fingerprint density at radius 1 is 0.957 bits per heavy atom. The fourth-order valence-corrected chi connectivity index (χ4v) is 1.95. The third kappa shape index (κ3) is 8.06. The summed E-state index contributed by atoms with van der Waals surface area (Å²) >= 11 is 0. The average Bonchev–Trinajstić information content (AvgIpc) is 2.57. The predicted molar refractivity (Wildman–Crippen MR) is 101 cm³/mol. The molecule has 0 saturated heterocycles. The summed E-state index contributed by atoms with van der Waals surface area (Å²) in [7, 11) is 0. The van der Waals surface area contributed by atoms with Gasteiger partial charge in [0.1, 0.15) is 5.76 Å².